The first-order valence-corrected chi connectivity index (χ1v) is 8.00. The molecule has 2 aromatic rings. The molecule has 0 saturated heterocycles. The maximum absolute atomic E-state index is 12.2. The van der Waals surface area contributed by atoms with Gasteiger partial charge in [-0.25, -0.2) is 4.79 Å². The summed E-state index contributed by atoms with van der Waals surface area (Å²) >= 11 is 5.89. The van der Waals surface area contributed by atoms with Gasteiger partial charge in [0.15, 0.2) is 6.61 Å². The van der Waals surface area contributed by atoms with Gasteiger partial charge in [-0.1, -0.05) is 41.4 Å². The number of hydrogen-bond acceptors (Lipinski definition) is 3. The quantitative estimate of drug-likeness (QED) is 0.840. The summed E-state index contributed by atoms with van der Waals surface area (Å²) in [5.41, 5.74) is 4.17. The van der Waals surface area contributed by atoms with E-state index in [1.165, 1.54) is 0 Å². The van der Waals surface area contributed by atoms with Crippen LogP contribution in [0.3, 0.4) is 0 Å². The van der Waals surface area contributed by atoms with Gasteiger partial charge in [0.1, 0.15) is 0 Å². The third kappa shape index (κ3) is 4.83. The minimum Gasteiger partial charge on any atom is -0.452 e. The fourth-order valence-corrected chi connectivity index (χ4v) is 2.82. The molecule has 1 N–H and O–H groups in total. The van der Waals surface area contributed by atoms with E-state index in [0.29, 0.717) is 17.1 Å². The Balaban J connectivity index is 1.89. The summed E-state index contributed by atoms with van der Waals surface area (Å²) in [4.78, 5) is 24.0. The van der Waals surface area contributed by atoms with Gasteiger partial charge >= 0.3 is 5.97 Å². The minimum absolute atomic E-state index is 0.313. The number of nitrogens with one attached hydrogen (secondary N) is 1. The summed E-state index contributed by atoms with van der Waals surface area (Å²) < 4.78 is 5.13. The molecule has 0 spiro atoms. The van der Waals surface area contributed by atoms with Crippen molar-refractivity contribution in [3.8, 4) is 0 Å². The van der Waals surface area contributed by atoms with Crippen LogP contribution in [0.5, 0.6) is 0 Å². The van der Waals surface area contributed by atoms with Crippen molar-refractivity contribution in [2.45, 2.75) is 27.3 Å². The molecule has 1 amide bonds. The molecule has 0 aliphatic heterocycles. The number of carbonyl (C=O) groups is 2. The van der Waals surface area contributed by atoms with Crippen molar-refractivity contribution in [2.75, 3.05) is 6.61 Å². The number of rotatable bonds is 5. The van der Waals surface area contributed by atoms with E-state index in [9.17, 15) is 9.59 Å². The molecular weight excluding hydrogens is 326 g/mol. The standard InChI is InChI=1S/C19H20ClNO3/c1-12-7-13(2)18(14(3)8-12)19(23)24-11-17(22)21-10-15-5-4-6-16(20)9-15/h4-9H,10-11H2,1-3H3,(H,21,22). The Morgan fingerprint density at radius 2 is 1.75 bits per heavy atom. The Labute approximate surface area is 146 Å². The molecule has 126 valence electrons. The van der Waals surface area contributed by atoms with Crippen molar-refractivity contribution in [1.29, 1.82) is 0 Å². The molecule has 0 unspecified atom stereocenters. The van der Waals surface area contributed by atoms with Gasteiger partial charge in [-0.05, 0) is 49.6 Å². The Morgan fingerprint density at radius 1 is 1.08 bits per heavy atom. The normalized spacial score (nSPS) is 10.3. The lowest BCUT2D eigenvalue weighted by Gasteiger charge is -2.11. The van der Waals surface area contributed by atoms with E-state index in [1.54, 1.807) is 12.1 Å². The molecule has 0 radical (unpaired) electrons. The molecule has 4 nitrogen and oxygen atoms in total. The Morgan fingerprint density at radius 3 is 2.38 bits per heavy atom. The topological polar surface area (TPSA) is 55.4 Å². The van der Waals surface area contributed by atoms with Crippen molar-refractivity contribution in [1.82, 2.24) is 5.32 Å². The SMILES string of the molecule is Cc1cc(C)c(C(=O)OCC(=O)NCc2cccc(Cl)c2)c(C)c1. The minimum atomic E-state index is -0.483. The number of carbonyl (C=O) groups excluding carboxylic acids is 2. The summed E-state index contributed by atoms with van der Waals surface area (Å²) in [7, 11) is 0. The maximum atomic E-state index is 12.2. The molecule has 2 rings (SSSR count). The molecule has 0 bridgehead atoms. The fraction of sp³-hybridized carbons (Fsp3) is 0.263. The van der Waals surface area contributed by atoms with Crippen LogP contribution in [0.1, 0.15) is 32.6 Å². The van der Waals surface area contributed by atoms with Gasteiger partial charge in [0.25, 0.3) is 5.91 Å². The van der Waals surface area contributed by atoms with Gasteiger partial charge in [0.2, 0.25) is 0 Å². The Kier molecular flexibility index (Phi) is 5.99. The predicted molar refractivity (Wildman–Crippen MR) is 94.2 cm³/mol. The number of aryl methyl sites for hydroxylation is 3. The summed E-state index contributed by atoms with van der Waals surface area (Å²) in [5, 5.41) is 3.31. The van der Waals surface area contributed by atoms with E-state index in [-0.39, 0.29) is 12.5 Å². The van der Waals surface area contributed by atoms with Crippen LogP contribution in [-0.4, -0.2) is 18.5 Å². The summed E-state index contributed by atoms with van der Waals surface area (Å²) in [6.07, 6.45) is 0. The molecule has 0 aliphatic carbocycles. The van der Waals surface area contributed by atoms with Gasteiger partial charge in [-0.2, -0.15) is 0 Å². The van der Waals surface area contributed by atoms with Crippen molar-refractivity contribution in [3.63, 3.8) is 0 Å². The van der Waals surface area contributed by atoms with Crippen LogP contribution in [0.2, 0.25) is 5.02 Å². The highest BCUT2D eigenvalue weighted by Crippen LogP contribution is 2.17. The highest BCUT2D eigenvalue weighted by atomic mass is 35.5. The van der Waals surface area contributed by atoms with Crippen molar-refractivity contribution in [3.05, 3.63) is 69.2 Å². The second-order valence-electron chi connectivity index (χ2n) is 5.76. The second-order valence-corrected chi connectivity index (χ2v) is 6.19. The lowest BCUT2D eigenvalue weighted by Crippen LogP contribution is -2.28. The first-order chi connectivity index (χ1) is 11.4. The molecule has 2 aromatic carbocycles. The van der Waals surface area contributed by atoms with Crippen molar-refractivity contribution >= 4 is 23.5 Å². The lowest BCUT2D eigenvalue weighted by molar-refractivity contribution is -0.124. The molecule has 0 atom stereocenters. The first kappa shape index (κ1) is 18.0. The summed E-state index contributed by atoms with van der Waals surface area (Å²) in [6, 6.07) is 11.0. The largest absolute Gasteiger partial charge is 0.452 e. The molecule has 0 aromatic heterocycles. The van der Waals surface area contributed by atoms with Crippen LogP contribution >= 0.6 is 11.6 Å². The average molecular weight is 346 g/mol. The van der Waals surface area contributed by atoms with Gasteiger partial charge < -0.3 is 10.1 Å². The van der Waals surface area contributed by atoms with Gasteiger partial charge in [-0.3, -0.25) is 4.79 Å². The van der Waals surface area contributed by atoms with E-state index in [1.807, 2.05) is 45.0 Å². The number of halogens is 1. The van der Waals surface area contributed by atoms with Crippen molar-refractivity contribution in [2.24, 2.45) is 0 Å². The van der Waals surface area contributed by atoms with Gasteiger partial charge in [0.05, 0.1) is 5.56 Å². The highest BCUT2D eigenvalue weighted by molar-refractivity contribution is 6.30. The zero-order valence-corrected chi connectivity index (χ0v) is 14.7. The smallest absolute Gasteiger partial charge is 0.339 e. The van der Waals surface area contributed by atoms with Crippen molar-refractivity contribution < 1.29 is 14.3 Å². The molecule has 5 heteroatoms. The highest BCUT2D eigenvalue weighted by Gasteiger charge is 2.15. The molecule has 0 heterocycles. The van der Waals surface area contributed by atoms with Crippen LogP contribution in [0, 0.1) is 20.8 Å². The fourth-order valence-electron chi connectivity index (χ4n) is 2.60. The molecular formula is C19H20ClNO3. The number of amides is 1. The Bertz CT molecular complexity index is 748. The average Bonchev–Trinajstić information content (AvgIpc) is 2.50. The Hall–Kier alpha value is -2.33. The van der Waals surface area contributed by atoms with Gasteiger partial charge in [-0.15, -0.1) is 0 Å². The van der Waals surface area contributed by atoms with E-state index in [2.05, 4.69) is 5.32 Å². The second kappa shape index (κ2) is 7.97. The summed E-state index contributed by atoms with van der Waals surface area (Å²) in [6.45, 7) is 5.70. The zero-order chi connectivity index (χ0) is 17.7. The number of benzene rings is 2. The number of ether oxygens (including phenoxy) is 1. The van der Waals surface area contributed by atoms with Crippen LogP contribution in [0.15, 0.2) is 36.4 Å². The van der Waals surface area contributed by atoms with Crippen LogP contribution in [0.25, 0.3) is 0 Å². The first-order valence-electron chi connectivity index (χ1n) is 7.63. The van der Waals surface area contributed by atoms with Gasteiger partial charge in [0, 0.05) is 11.6 Å². The van der Waals surface area contributed by atoms with E-state index >= 15 is 0 Å². The third-order valence-corrected chi connectivity index (χ3v) is 3.83. The number of hydrogen-bond donors (Lipinski definition) is 1. The molecule has 0 fully saturated rings. The zero-order valence-electron chi connectivity index (χ0n) is 14.0. The predicted octanol–water partition coefficient (Wildman–Crippen LogP) is 3.74. The van der Waals surface area contributed by atoms with E-state index < -0.39 is 5.97 Å². The monoisotopic (exact) mass is 345 g/mol. The van der Waals surface area contributed by atoms with Crippen LogP contribution < -0.4 is 5.32 Å². The summed E-state index contributed by atoms with van der Waals surface area (Å²) in [5.74, 6) is -0.839. The lowest BCUT2D eigenvalue weighted by atomic mass is 10.00. The van der Waals surface area contributed by atoms with Crippen LogP contribution in [0.4, 0.5) is 0 Å². The van der Waals surface area contributed by atoms with Crippen LogP contribution in [-0.2, 0) is 16.1 Å². The molecule has 0 aliphatic rings. The molecule has 0 saturated carbocycles. The maximum Gasteiger partial charge on any atom is 0.339 e. The number of esters is 1. The third-order valence-electron chi connectivity index (χ3n) is 3.59. The molecule has 24 heavy (non-hydrogen) atoms. The van der Waals surface area contributed by atoms with E-state index in [4.69, 9.17) is 16.3 Å². The van der Waals surface area contributed by atoms with E-state index in [0.717, 1.165) is 22.3 Å².